The molecule has 1 atom stereocenters. The van der Waals surface area contributed by atoms with Crippen LogP contribution in [0.4, 0.5) is 0 Å². The first-order valence-electron chi connectivity index (χ1n) is 4.42. The molecule has 1 rings (SSSR count). The van der Waals surface area contributed by atoms with Crippen molar-refractivity contribution >= 4 is 12.7 Å². The molecule has 0 heterocycles. The number of aryl methyl sites for hydroxylation is 1. The predicted octanol–water partition coefficient (Wildman–Crippen LogP) is 1.16. The molecular formula is C10H15BO. The highest BCUT2D eigenvalue weighted by atomic mass is 16.3. The van der Waals surface area contributed by atoms with Gasteiger partial charge in [-0.15, -0.1) is 0 Å². The Morgan fingerprint density at radius 3 is 2.58 bits per heavy atom. The first-order chi connectivity index (χ1) is 5.65. The molecule has 0 radical (unpaired) electrons. The average Bonchev–Trinajstić information content (AvgIpc) is 2.03. The summed E-state index contributed by atoms with van der Waals surface area (Å²) in [6, 6.07) is 6.20. The van der Waals surface area contributed by atoms with E-state index in [0.29, 0.717) is 0 Å². The molecule has 1 nitrogen and oxygen atoms in total. The highest BCUT2D eigenvalue weighted by Gasteiger charge is 2.05. The van der Waals surface area contributed by atoms with Crippen LogP contribution in [0.3, 0.4) is 0 Å². The summed E-state index contributed by atoms with van der Waals surface area (Å²) in [6.45, 7) is 6.00. The van der Waals surface area contributed by atoms with E-state index in [4.69, 9.17) is 0 Å². The molecule has 1 N–H and O–H groups in total. The van der Waals surface area contributed by atoms with Gasteiger partial charge in [0.25, 0.3) is 0 Å². The standard InChI is InChI=1S/C10H15BO/c1-7-4-5-9(8(2)12)10(6-7)11-3/h4-6,8,11-12H,1-3H3/t8-/m1/s1. The molecule has 0 fully saturated rings. The zero-order valence-corrected chi connectivity index (χ0v) is 7.96. The van der Waals surface area contributed by atoms with E-state index in [1.54, 1.807) is 0 Å². The molecule has 0 spiro atoms. The van der Waals surface area contributed by atoms with E-state index in [2.05, 4.69) is 19.8 Å². The van der Waals surface area contributed by atoms with Gasteiger partial charge in [-0.3, -0.25) is 0 Å². The van der Waals surface area contributed by atoms with Crippen LogP contribution in [0.5, 0.6) is 0 Å². The number of rotatable bonds is 2. The van der Waals surface area contributed by atoms with Crippen LogP contribution in [0.15, 0.2) is 18.2 Å². The lowest BCUT2D eigenvalue weighted by atomic mass is 9.69. The Bertz CT molecular complexity index is 269. The number of aliphatic hydroxyl groups is 1. The summed E-state index contributed by atoms with van der Waals surface area (Å²) < 4.78 is 0. The Labute approximate surface area is 74.7 Å². The van der Waals surface area contributed by atoms with Gasteiger partial charge in [-0.25, -0.2) is 0 Å². The molecule has 64 valence electrons. The molecule has 0 bridgehead atoms. The largest absolute Gasteiger partial charge is 0.389 e. The van der Waals surface area contributed by atoms with Gasteiger partial charge >= 0.3 is 0 Å². The van der Waals surface area contributed by atoms with Gasteiger partial charge in [0.05, 0.1) is 6.10 Å². The molecule has 0 amide bonds. The monoisotopic (exact) mass is 162 g/mol. The summed E-state index contributed by atoms with van der Waals surface area (Å²) in [5.74, 6) is 0. The summed E-state index contributed by atoms with van der Waals surface area (Å²) in [7, 11) is 0.988. The van der Waals surface area contributed by atoms with Gasteiger partial charge in [-0.1, -0.05) is 36.0 Å². The van der Waals surface area contributed by atoms with Crippen molar-refractivity contribution in [1.82, 2.24) is 0 Å². The molecule has 1 aromatic rings. The highest BCUT2D eigenvalue weighted by Crippen LogP contribution is 2.09. The third-order valence-corrected chi connectivity index (χ3v) is 2.13. The predicted molar refractivity (Wildman–Crippen MR) is 54.5 cm³/mol. The molecule has 2 heteroatoms. The summed E-state index contributed by atoms with van der Waals surface area (Å²) in [5, 5.41) is 9.43. The Morgan fingerprint density at radius 2 is 2.08 bits per heavy atom. The smallest absolute Gasteiger partial charge is 0.155 e. The van der Waals surface area contributed by atoms with Crippen LogP contribution < -0.4 is 5.46 Å². The maximum Gasteiger partial charge on any atom is 0.155 e. The van der Waals surface area contributed by atoms with Crippen LogP contribution in [0.1, 0.15) is 24.2 Å². The number of hydrogen-bond acceptors (Lipinski definition) is 1. The molecule has 0 saturated heterocycles. The Morgan fingerprint density at radius 1 is 1.42 bits per heavy atom. The maximum absolute atomic E-state index is 9.43. The fraction of sp³-hybridized carbons (Fsp3) is 0.400. The summed E-state index contributed by atoms with van der Waals surface area (Å²) in [6.07, 6.45) is -0.347. The van der Waals surface area contributed by atoms with Gasteiger partial charge < -0.3 is 5.11 Å². The van der Waals surface area contributed by atoms with Gasteiger partial charge in [0.15, 0.2) is 7.28 Å². The highest BCUT2D eigenvalue weighted by molar-refractivity contribution is 6.52. The van der Waals surface area contributed by atoms with E-state index in [1.165, 1.54) is 11.0 Å². The lowest BCUT2D eigenvalue weighted by Crippen LogP contribution is -2.18. The number of benzene rings is 1. The normalized spacial score (nSPS) is 12.7. The van der Waals surface area contributed by atoms with Crippen LogP contribution >= 0.6 is 0 Å². The first-order valence-corrected chi connectivity index (χ1v) is 4.42. The van der Waals surface area contributed by atoms with E-state index < -0.39 is 0 Å². The van der Waals surface area contributed by atoms with E-state index in [1.807, 2.05) is 19.1 Å². The second-order valence-corrected chi connectivity index (χ2v) is 3.23. The van der Waals surface area contributed by atoms with E-state index in [-0.39, 0.29) is 6.10 Å². The van der Waals surface area contributed by atoms with Gasteiger partial charge in [0, 0.05) is 0 Å². The van der Waals surface area contributed by atoms with Crippen molar-refractivity contribution in [2.24, 2.45) is 0 Å². The van der Waals surface area contributed by atoms with Crippen molar-refractivity contribution in [1.29, 1.82) is 0 Å². The van der Waals surface area contributed by atoms with Gasteiger partial charge in [0.1, 0.15) is 0 Å². The topological polar surface area (TPSA) is 20.2 Å². The molecular weight excluding hydrogens is 147 g/mol. The minimum atomic E-state index is -0.347. The number of aliphatic hydroxyl groups excluding tert-OH is 1. The SMILES string of the molecule is CBc1cc(C)ccc1[C@@H](C)O. The van der Waals surface area contributed by atoms with E-state index in [0.717, 1.165) is 12.8 Å². The van der Waals surface area contributed by atoms with Crippen LogP contribution in [-0.4, -0.2) is 12.4 Å². The van der Waals surface area contributed by atoms with E-state index in [9.17, 15) is 5.11 Å². The molecule has 12 heavy (non-hydrogen) atoms. The van der Waals surface area contributed by atoms with Crippen molar-refractivity contribution in [3.63, 3.8) is 0 Å². The Hall–Kier alpha value is -0.755. The molecule has 0 aliphatic rings. The zero-order valence-electron chi connectivity index (χ0n) is 7.96. The fourth-order valence-corrected chi connectivity index (χ4v) is 1.45. The maximum atomic E-state index is 9.43. The van der Waals surface area contributed by atoms with Crippen molar-refractivity contribution in [3.05, 3.63) is 29.3 Å². The summed E-state index contributed by atoms with van der Waals surface area (Å²) >= 11 is 0. The molecule has 0 aromatic heterocycles. The third-order valence-electron chi connectivity index (χ3n) is 2.13. The minimum Gasteiger partial charge on any atom is -0.389 e. The molecule has 0 aliphatic heterocycles. The summed E-state index contributed by atoms with van der Waals surface area (Å²) in [5.41, 5.74) is 3.57. The van der Waals surface area contributed by atoms with Crippen LogP contribution in [0.25, 0.3) is 0 Å². The fourth-order valence-electron chi connectivity index (χ4n) is 1.45. The Balaban J connectivity index is 3.11. The molecule has 0 aliphatic carbocycles. The first kappa shape index (κ1) is 9.33. The minimum absolute atomic E-state index is 0.347. The second-order valence-electron chi connectivity index (χ2n) is 3.23. The van der Waals surface area contributed by atoms with E-state index >= 15 is 0 Å². The molecule has 0 saturated carbocycles. The molecule has 1 aromatic carbocycles. The van der Waals surface area contributed by atoms with Crippen molar-refractivity contribution in [2.45, 2.75) is 26.8 Å². The van der Waals surface area contributed by atoms with Gasteiger partial charge in [-0.2, -0.15) is 0 Å². The van der Waals surface area contributed by atoms with Crippen molar-refractivity contribution in [2.75, 3.05) is 0 Å². The average molecular weight is 162 g/mol. The lowest BCUT2D eigenvalue weighted by molar-refractivity contribution is 0.200. The van der Waals surface area contributed by atoms with Gasteiger partial charge in [-0.05, 0) is 19.4 Å². The van der Waals surface area contributed by atoms with Gasteiger partial charge in [0.2, 0.25) is 0 Å². The van der Waals surface area contributed by atoms with Crippen molar-refractivity contribution < 1.29 is 5.11 Å². The Kier molecular flexibility index (Phi) is 2.93. The van der Waals surface area contributed by atoms with Crippen LogP contribution in [0.2, 0.25) is 6.82 Å². The number of hydrogen-bond donors (Lipinski definition) is 1. The summed E-state index contributed by atoms with van der Waals surface area (Å²) in [4.78, 5) is 0. The molecule has 0 unspecified atom stereocenters. The van der Waals surface area contributed by atoms with Crippen molar-refractivity contribution in [3.8, 4) is 0 Å². The van der Waals surface area contributed by atoms with Crippen LogP contribution in [-0.2, 0) is 0 Å². The third kappa shape index (κ3) is 1.89. The zero-order chi connectivity index (χ0) is 9.14. The quantitative estimate of drug-likeness (QED) is 0.647. The lowest BCUT2D eigenvalue weighted by Gasteiger charge is -2.10. The second kappa shape index (κ2) is 3.77. The van der Waals surface area contributed by atoms with Crippen LogP contribution in [0, 0.1) is 6.92 Å².